The highest BCUT2D eigenvalue weighted by molar-refractivity contribution is 8.14. The molecule has 168 valence electrons. The van der Waals surface area contributed by atoms with Crippen molar-refractivity contribution in [2.24, 2.45) is 0 Å². The molecule has 9 heteroatoms. The highest BCUT2D eigenvalue weighted by Gasteiger charge is 2.37. The Kier molecular flexibility index (Phi) is 6.96. The summed E-state index contributed by atoms with van der Waals surface area (Å²) >= 11 is 0.959. The van der Waals surface area contributed by atoms with Crippen LogP contribution < -0.4 is 9.47 Å². The molecule has 2 aliphatic rings. The van der Waals surface area contributed by atoms with E-state index in [1.165, 1.54) is 4.90 Å². The number of hydrogen-bond acceptors (Lipinski definition) is 7. The molecule has 32 heavy (non-hydrogen) atoms. The SMILES string of the molecule is CCCOc1ccc2c(c1)OCN(CCOC(c1ccccc1)N1C(=O)CSC1=O)C2=O. The van der Waals surface area contributed by atoms with Crippen molar-refractivity contribution in [1.82, 2.24) is 9.80 Å². The molecule has 0 bridgehead atoms. The predicted molar refractivity (Wildman–Crippen MR) is 119 cm³/mol. The van der Waals surface area contributed by atoms with E-state index in [-0.39, 0.29) is 42.7 Å². The molecule has 1 saturated heterocycles. The maximum absolute atomic E-state index is 12.9. The van der Waals surface area contributed by atoms with Gasteiger partial charge in [-0.25, -0.2) is 4.90 Å². The van der Waals surface area contributed by atoms with Crippen LogP contribution in [0.15, 0.2) is 48.5 Å². The van der Waals surface area contributed by atoms with E-state index < -0.39 is 6.23 Å². The molecule has 0 aromatic heterocycles. The lowest BCUT2D eigenvalue weighted by Gasteiger charge is -2.30. The zero-order valence-electron chi connectivity index (χ0n) is 17.7. The van der Waals surface area contributed by atoms with Crippen LogP contribution in [0.2, 0.25) is 0 Å². The molecular weight excluding hydrogens is 432 g/mol. The lowest BCUT2D eigenvalue weighted by atomic mass is 10.1. The maximum Gasteiger partial charge on any atom is 0.291 e. The Hall–Kier alpha value is -3.04. The fraction of sp³-hybridized carbons (Fsp3) is 0.348. The molecule has 2 heterocycles. The smallest absolute Gasteiger partial charge is 0.291 e. The molecule has 0 aliphatic carbocycles. The van der Waals surface area contributed by atoms with Gasteiger partial charge in [0.2, 0.25) is 5.91 Å². The second-order valence-electron chi connectivity index (χ2n) is 7.30. The van der Waals surface area contributed by atoms with Gasteiger partial charge in [0, 0.05) is 18.2 Å². The Bertz CT molecular complexity index is 983. The minimum atomic E-state index is -0.836. The van der Waals surface area contributed by atoms with Crippen LogP contribution in [0.5, 0.6) is 11.5 Å². The quantitative estimate of drug-likeness (QED) is 0.569. The lowest BCUT2D eigenvalue weighted by molar-refractivity contribution is -0.136. The molecule has 0 radical (unpaired) electrons. The first-order chi connectivity index (χ1) is 15.6. The third-order valence-electron chi connectivity index (χ3n) is 5.06. The molecule has 3 amide bonds. The molecule has 1 fully saturated rings. The van der Waals surface area contributed by atoms with Crippen molar-refractivity contribution in [3.63, 3.8) is 0 Å². The fourth-order valence-electron chi connectivity index (χ4n) is 3.45. The lowest BCUT2D eigenvalue weighted by Crippen LogP contribution is -2.41. The topological polar surface area (TPSA) is 85.4 Å². The summed E-state index contributed by atoms with van der Waals surface area (Å²) in [7, 11) is 0. The standard InChI is InChI=1S/C23H24N2O6S/c1-2-11-29-17-8-9-18-19(13-17)31-15-24(21(18)27)10-12-30-22(16-6-4-3-5-7-16)25-20(26)14-32-23(25)28/h3-9,13,22H,2,10-12,14-15H2,1H3. The van der Waals surface area contributed by atoms with Gasteiger partial charge in [-0.05, 0) is 18.6 Å². The maximum atomic E-state index is 12.9. The highest BCUT2D eigenvalue weighted by Crippen LogP contribution is 2.32. The van der Waals surface area contributed by atoms with Gasteiger partial charge in [-0.3, -0.25) is 14.4 Å². The van der Waals surface area contributed by atoms with Gasteiger partial charge in [-0.15, -0.1) is 0 Å². The molecule has 4 rings (SSSR count). The van der Waals surface area contributed by atoms with E-state index in [0.717, 1.165) is 23.1 Å². The molecule has 8 nitrogen and oxygen atoms in total. The third kappa shape index (κ3) is 4.73. The first-order valence-electron chi connectivity index (χ1n) is 10.4. The largest absolute Gasteiger partial charge is 0.493 e. The van der Waals surface area contributed by atoms with Gasteiger partial charge < -0.3 is 19.1 Å². The summed E-state index contributed by atoms with van der Waals surface area (Å²) in [6.45, 7) is 3.08. The third-order valence-corrected chi connectivity index (χ3v) is 5.90. The highest BCUT2D eigenvalue weighted by atomic mass is 32.2. The van der Waals surface area contributed by atoms with Crippen molar-refractivity contribution in [3.05, 3.63) is 59.7 Å². The van der Waals surface area contributed by atoms with Crippen LogP contribution in [-0.2, 0) is 9.53 Å². The van der Waals surface area contributed by atoms with Gasteiger partial charge in [0.1, 0.15) is 11.5 Å². The van der Waals surface area contributed by atoms with Crippen LogP contribution in [0.25, 0.3) is 0 Å². The van der Waals surface area contributed by atoms with Gasteiger partial charge in [-0.1, -0.05) is 49.0 Å². The molecule has 2 aromatic rings. The van der Waals surface area contributed by atoms with Gasteiger partial charge in [0.25, 0.3) is 11.1 Å². The zero-order chi connectivity index (χ0) is 22.5. The number of rotatable bonds is 9. The Morgan fingerprint density at radius 2 is 1.91 bits per heavy atom. The van der Waals surface area contributed by atoms with Crippen molar-refractivity contribution in [1.29, 1.82) is 0 Å². The normalized spacial score (nSPS) is 16.7. The van der Waals surface area contributed by atoms with Gasteiger partial charge in [0.05, 0.1) is 24.5 Å². The summed E-state index contributed by atoms with van der Waals surface area (Å²) in [5.74, 6) is 0.801. The van der Waals surface area contributed by atoms with Crippen LogP contribution in [-0.4, -0.2) is 59.1 Å². The number of amides is 3. The van der Waals surface area contributed by atoms with E-state index in [4.69, 9.17) is 14.2 Å². The average Bonchev–Trinajstić information content (AvgIpc) is 3.15. The summed E-state index contributed by atoms with van der Waals surface area (Å²) in [4.78, 5) is 40.0. The number of hydrogen-bond donors (Lipinski definition) is 0. The number of ether oxygens (including phenoxy) is 3. The van der Waals surface area contributed by atoms with E-state index in [1.54, 1.807) is 30.3 Å². The average molecular weight is 457 g/mol. The van der Waals surface area contributed by atoms with Gasteiger partial charge >= 0.3 is 0 Å². The first kappa shape index (κ1) is 22.2. The Balaban J connectivity index is 1.41. The number of fused-ring (bicyclic) bond motifs is 1. The summed E-state index contributed by atoms with van der Waals surface area (Å²) in [6.07, 6.45) is 0.0552. The van der Waals surface area contributed by atoms with Crippen LogP contribution in [0, 0.1) is 0 Å². The van der Waals surface area contributed by atoms with Gasteiger partial charge in [0.15, 0.2) is 13.0 Å². The minimum absolute atomic E-state index is 0.0832. The Morgan fingerprint density at radius 1 is 1.09 bits per heavy atom. The van der Waals surface area contributed by atoms with E-state index in [2.05, 4.69) is 0 Å². The number of thioether (sulfide) groups is 1. The van der Waals surface area contributed by atoms with Gasteiger partial charge in [-0.2, -0.15) is 0 Å². The molecule has 0 saturated carbocycles. The minimum Gasteiger partial charge on any atom is -0.493 e. The van der Waals surface area contributed by atoms with Crippen LogP contribution in [0.3, 0.4) is 0 Å². The number of benzene rings is 2. The summed E-state index contributed by atoms with van der Waals surface area (Å²) in [5.41, 5.74) is 1.16. The molecular formula is C23H24N2O6S. The summed E-state index contributed by atoms with van der Waals surface area (Å²) in [6, 6.07) is 14.3. The Labute approximate surface area is 190 Å². The number of nitrogens with zero attached hydrogens (tertiary/aromatic N) is 2. The van der Waals surface area contributed by atoms with Crippen molar-refractivity contribution in [3.8, 4) is 11.5 Å². The first-order valence-corrected chi connectivity index (χ1v) is 11.4. The van der Waals surface area contributed by atoms with Crippen LogP contribution >= 0.6 is 11.8 Å². The second kappa shape index (κ2) is 10.1. The van der Waals surface area contributed by atoms with E-state index in [0.29, 0.717) is 29.2 Å². The van der Waals surface area contributed by atoms with E-state index in [1.807, 2.05) is 25.1 Å². The molecule has 0 N–H and O–H groups in total. The van der Waals surface area contributed by atoms with Crippen molar-refractivity contribution in [2.45, 2.75) is 19.6 Å². The molecule has 1 atom stereocenters. The zero-order valence-corrected chi connectivity index (χ0v) is 18.5. The summed E-state index contributed by atoms with van der Waals surface area (Å²) in [5, 5.41) is -0.337. The fourth-order valence-corrected chi connectivity index (χ4v) is 4.18. The van der Waals surface area contributed by atoms with Crippen LogP contribution in [0.4, 0.5) is 4.79 Å². The van der Waals surface area contributed by atoms with E-state index in [9.17, 15) is 14.4 Å². The number of carbonyl (C=O) groups is 3. The molecule has 1 unspecified atom stereocenters. The number of carbonyl (C=O) groups excluding carboxylic acids is 3. The molecule has 2 aromatic carbocycles. The Morgan fingerprint density at radius 3 is 2.62 bits per heavy atom. The van der Waals surface area contributed by atoms with Crippen molar-refractivity contribution in [2.75, 3.05) is 32.2 Å². The summed E-state index contributed by atoms with van der Waals surface area (Å²) < 4.78 is 17.3. The second-order valence-corrected chi connectivity index (χ2v) is 8.23. The van der Waals surface area contributed by atoms with Crippen LogP contribution in [0.1, 0.15) is 35.5 Å². The predicted octanol–water partition coefficient (Wildman–Crippen LogP) is 3.68. The molecule has 0 spiro atoms. The van der Waals surface area contributed by atoms with Crippen molar-refractivity contribution < 1.29 is 28.6 Å². The van der Waals surface area contributed by atoms with E-state index >= 15 is 0 Å². The molecule has 2 aliphatic heterocycles. The number of imide groups is 1. The van der Waals surface area contributed by atoms with Crippen molar-refractivity contribution >= 4 is 28.8 Å². The monoisotopic (exact) mass is 456 g/mol.